The van der Waals surface area contributed by atoms with Gasteiger partial charge in [-0.15, -0.1) is 0 Å². The first-order chi connectivity index (χ1) is 8.32. The van der Waals surface area contributed by atoms with Crippen LogP contribution in [0.1, 0.15) is 66.7 Å². The highest BCUT2D eigenvalue weighted by Gasteiger charge is 2.25. The molecule has 0 radical (unpaired) electrons. The largest absolute Gasteiger partial charge is 0.343 e. The smallest absolute Gasteiger partial charge is 0.224 e. The number of carbonyl (C=O) groups is 1. The molecule has 1 atom stereocenters. The molecule has 0 saturated heterocycles. The second kappa shape index (κ2) is 8.52. The molecule has 0 fully saturated rings. The molecule has 2 N–H and O–H groups in total. The van der Waals surface area contributed by atoms with Crippen LogP contribution in [0.3, 0.4) is 0 Å². The molecule has 0 heterocycles. The first kappa shape index (κ1) is 17.4. The molecular formula is C15H32N2O. The van der Waals surface area contributed by atoms with Crippen molar-refractivity contribution in [1.82, 2.24) is 4.90 Å². The van der Waals surface area contributed by atoms with Crippen LogP contribution < -0.4 is 5.73 Å². The van der Waals surface area contributed by atoms with Crippen LogP contribution >= 0.6 is 0 Å². The first-order valence-corrected chi connectivity index (χ1v) is 7.36. The molecule has 0 saturated carbocycles. The number of hydrogen-bond donors (Lipinski definition) is 1. The van der Waals surface area contributed by atoms with Crippen LogP contribution in [-0.4, -0.2) is 29.9 Å². The molecule has 1 unspecified atom stereocenters. The van der Waals surface area contributed by atoms with Gasteiger partial charge in [0.15, 0.2) is 0 Å². The van der Waals surface area contributed by atoms with Gasteiger partial charge >= 0.3 is 0 Å². The molecule has 0 aliphatic carbocycles. The topological polar surface area (TPSA) is 46.3 Å². The van der Waals surface area contributed by atoms with Crippen molar-refractivity contribution in [3.63, 3.8) is 0 Å². The Hall–Kier alpha value is -0.570. The maximum Gasteiger partial charge on any atom is 0.224 e. The van der Waals surface area contributed by atoms with Gasteiger partial charge in [0.25, 0.3) is 0 Å². The molecule has 0 spiro atoms. The van der Waals surface area contributed by atoms with Gasteiger partial charge in [-0.1, -0.05) is 47.5 Å². The normalized spacial score (nSPS) is 13.4. The summed E-state index contributed by atoms with van der Waals surface area (Å²) in [5.41, 5.74) is 6.10. The highest BCUT2D eigenvalue weighted by atomic mass is 16.2. The predicted octanol–water partition coefficient (Wildman–Crippen LogP) is 3.18. The van der Waals surface area contributed by atoms with E-state index in [0.717, 1.165) is 38.8 Å². The monoisotopic (exact) mass is 256 g/mol. The fraction of sp³-hybridized carbons (Fsp3) is 0.933. The minimum atomic E-state index is -0.0595. The average Bonchev–Trinajstić information content (AvgIpc) is 2.27. The van der Waals surface area contributed by atoms with E-state index < -0.39 is 0 Å². The van der Waals surface area contributed by atoms with E-state index in [0.29, 0.717) is 6.42 Å². The third-order valence-corrected chi connectivity index (χ3v) is 3.42. The zero-order valence-electron chi connectivity index (χ0n) is 13.0. The van der Waals surface area contributed by atoms with E-state index in [4.69, 9.17) is 5.73 Å². The predicted molar refractivity (Wildman–Crippen MR) is 78.4 cm³/mol. The number of carbonyl (C=O) groups excluding carboxylic acids is 1. The maximum atomic E-state index is 12.3. The summed E-state index contributed by atoms with van der Waals surface area (Å²) in [5, 5.41) is 0. The lowest BCUT2D eigenvalue weighted by Gasteiger charge is -2.30. The van der Waals surface area contributed by atoms with E-state index in [9.17, 15) is 4.79 Å². The quantitative estimate of drug-likeness (QED) is 0.725. The van der Waals surface area contributed by atoms with E-state index in [1.165, 1.54) is 0 Å². The zero-order valence-corrected chi connectivity index (χ0v) is 13.0. The Balaban J connectivity index is 4.35. The lowest BCUT2D eigenvalue weighted by Crippen LogP contribution is -2.42. The fourth-order valence-electron chi connectivity index (χ4n) is 1.68. The van der Waals surface area contributed by atoms with Crippen LogP contribution in [0.15, 0.2) is 0 Å². The second-order valence-electron chi connectivity index (χ2n) is 6.26. The van der Waals surface area contributed by atoms with E-state index >= 15 is 0 Å². The van der Waals surface area contributed by atoms with Crippen LogP contribution in [-0.2, 0) is 4.79 Å². The van der Waals surface area contributed by atoms with E-state index in [2.05, 4.69) is 34.6 Å². The van der Waals surface area contributed by atoms with Crippen molar-refractivity contribution in [3.05, 3.63) is 0 Å². The zero-order chi connectivity index (χ0) is 14.2. The molecule has 0 bridgehead atoms. The molecule has 0 aliphatic heterocycles. The van der Waals surface area contributed by atoms with Gasteiger partial charge in [0.05, 0.1) is 0 Å². The number of rotatable bonds is 8. The number of nitrogens with two attached hydrogens (primary N) is 1. The summed E-state index contributed by atoms with van der Waals surface area (Å²) >= 11 is 0. The van der Waals surface area contributed by atoms with Gasteiger partial charge < -0.3 is 10.6 Å². The summed E-state index contributed by atoms with van der Waals surface area (Å²) in [7, 11) is 0. The van der Waals surface area contributed by atoms with Crippen LogP contribution in [0, 0.1) is 5.41 Å². The van der Waals surface area contributed by atoms with E-state index in [1.54, 1.807) is 0 Å². The van der Waals surface area contributed by atoms with Crippen molar-refractivity contribution in [2.24, 2.45) is 11.1 Å². The summed E-state index contributed by atoms with van der Waals surface area (Å²) in [6.07, 6.45) is 4.89. The van der Waals surface area contributed by atoms with Crippen molar-refractivity contribution < 1.29 is 4.79 Å². The van der Waals surface area contributed by atoms with Crippen LogP contribution in [0.25, 0.3) is 0 Å². The lowest BCUT2D eigenvalue weighted by atomic mass is 9.85. The van der Waals surface area contributed by atoms with Crippen LogP contribution in [0.4, 0.5) is 0 Å². The summed E-state index contributed by atoms with van der Waals surface area (Å²) in [4.78, 5) is 14.3. The summed E-state index contributed by atoms with van der Waals surface area (Å²) in [6, 6.07) is -0.0595. The molecule has 0 aromatic rings. The molecule has 3 heteroatoms. The minimum absolute atomic E-state index is 0.00313. The van der Waals surface area contributed by atoms with Gasteiger partial charge in [0, 0.05) is 25.6 Å². The van der Waals surface area contributed by atoms with Crippen molar-refractivity contribution in [2.75, 3.05) is 13.1 Å². The lowest BCUT2D eigenvalue weighted by molar-refractivity contribution is -0.132. The van der Waals surface area contributed by atoms with Crippen molar-refractivity contribution in [3.8, 4) is 0 Å². The van der Waals surface area contributed by atoms with Crippen molar-refractivity contribution in [1.29, 1.82) is 0 Å². The van der Waals surface area contributed by atoms with Gasteiger partial charge in [-0.2, -0.15) is 0 Å². The van der Waals surface area contributed by atoms with Gasteiger partial charge in [0.2, 0.25) is 5.91 Å². The standard InChI is InChI=1S/C15H32N2O/c1-6-8-10-17(11-9-7-2)14(18)12-13(16)15(3,4)5/h13H,6-12,16H2,1-5H3. The molecule has 0 aromatic carbocycles. The molecule has 1 amide bonds. The van der Waals surface area contributed by atoms with Gasteiger partial charge in [0.1, 0.15) is 0 Å². The number of amides is 1. The van der Waals surface area contributed by atoms with Gasteiger partial charge in [-0.05, 0) is 18.3 Å². The SMILES string of the molecule is CCCCN(CCCC)C(=O)CC(N)C(C)(C)C. The molecule has 18 heavy (non-hydrogen) atoms. The summed E-state index contributed by atoms with van der Waals surface area (Å²) in [5.74, 6) is 0.222. The molecule has 0 aromatic heterocycles. The Morgan fingerprint density at radius 2 is 1.56 bits per heavy atom. The molecule has 3 nitrogen and oxygen atoms in total. The van der Waals surface area contributed by atoms with Crippen molar-refractivity contribution in [2.45, 2.75) is 72.8 Å². The highest BCUT2D eigenvalue weighted by Crippen LogP contribution is 2.20. The Bertz CT molecular complexity index is 225. The number of hydrogen-bond acceptors (Lipinski definition) is 2. The first-order valence-electron chi connectivity index (χ1n) is 7.36. The van der Waals surface area contributed by atoms with E-state index in [-0.39, 0.29) is 17.4 Å². The average molecular weight is 256 g/mol. The molecule has 0 rings (SSSR count). The summed E-state index contributed by atoms with van der Waals surface area (Å²) < 4.78 is 0. The minimum Gasteiger partial charge on any atom is -0.343 e. The second-order valence-corrected chi connectivity index (χ2v) is 6.26. The number of nitrogens with zero attached hydrogens (tertiary/aromatic N) is 1. The summed E-state index contributed by atoms with van der Waals surface area (Å²) in [6.45, 7) is 12.3. The Morgan fingerprint density at radius 1 is 1.11 bits per heavy atom. The Kier molecular flexibility index (Phi) is 8.25. The maximum absolute atomic E-state index is 12.3. The molecular weight excluding hydrogens is 224 g/mol. The van der Waals surface area contributed by atoms with Crippen LogP contribution in [0.2, 0.25) is 0 Å². The molecule has 108 valence electrons. The van der Waals surface area contributed by atoms with Crippen molar-refractivity contribution >= 4 is 5.91 Å². The highest BCUT2D eigenvalue weighted by molar-refractivity contribution is 5.76. The Labute approximate surface area is 113 Å². The number of unbranched alkanes of at least 4 members (excludes halogenated alkanes) is 2. The van der Waals surface area contributed by atoms with Crippen LogP contribution in [0.5, 0.6) is 0 Å². The third-order valence-electron chi connectivity index (χ3n) is 3.42. The van der Waals surface area contributed by atoms with E-state index in [1.807, 2.05) is 4.90 Å². The van der Waals surface area contributed by atoms with Gasteiger partial charge in [-0.3, -0.25) is 4.79 Å². The van der Waals surface area contributed by atoms with Gasteiger partial charge in [-0.25, -0.2) is 0 Å². The fourth-order valence-corrected chi connectivity index (χ4v) is 1.68. The Morgan fingerprint density at radius 3 is 1.89 bits per heavy atom. The molecule has 0 aliphatic rings. The third kappa shape index (κ3) is 7.00.